The number of amides is 1. The number of rotatable bonds is 10. The van der Waals surface area contributed by atoms with Gasteiger partial charge in [0.25, 0.3) is 0 Å². The third-order valence-electron chi connectivity index (χ3n) is 3.62. The van der Waals surface area contributed by atoms with E-state index in [1.54, 1.807) is 0 Å². The van der Waals surface area contributed by atoms with Crippen molar-refractivity contribution in [1.82, 2.24) is 5.32 Å². The molecule has 0 radical (unpaired) electrons. The van der Waals surface area contributed by atoms with Gasteiger partial charge < -0.3 is 26.6 Å². The molecule has 1 amide bonds. The van der Waals surface area contributed by atoms with Crippen molar-refractivity contribution in [1.29, 1.82) is 0 Å². The topological polar surface area (TPSA) is 145 Å². The molecular formula is C17H25N3O5. The number of esters is 1. The molecule has 0 aliphatic heterocycles. The highest BCUT2D eigenvalue weighted by Gasteiger charge is 2.20. The molecule has 0 spiro atoms. The van der Waals surface area contributed by atoms with Gasteiger partial charge in [0.2, 0.25) is 5.91 Å². The first-order valence-corrected chi connectivity index (χ1v) is 8.06. The largest absolute Gasteiger partial charge is 0.480 e. The Morgan fingerprint density at radius 2 is 1.72 bits per heavy atom. The molecule has 0 saturated heterocycles. The number of aliphatic carboxylic acids is 1. The van der Waals surface area contributed by atoms with Crippen LogP contribution in [-0.2, 0) is 25.7 Å². The molecule has 8 heteroatoms. The van der Waals surface area contributed by atoms with E-state index in [-0.39, 0.29) is 13.0 Å². The molecule has 0 aliphatic carbocycles. The maximum absolute atomic E-state index is 11.8. The average Bonchev–Trinajstić information content (AvgIpc) is 2.59. The molecule has 138 valence electrons. The summed E-state index contributed by atoms with van der Waals surface area (Å²) in [5.41, 5.74) is 12.3. The summed E-state index contributed by atoms with van der Waals surface area (Å²) in [6, 6.07) is 6.60. The van der Waals surface area contributed by atoms with E-state index in [2.05, 4.69) is 5.32 Å². The minimum Gasteiger partial charge on any atom is -0.480 e. The van der Waals surface area contributed by atoms with E-state index in [0.717, 1.165) is 5.56 Å². The molecule has 3 atom stereocenters. The minimum atomic E-state index is -1.14. The van der Waals surface area contributed by atoms with Crippen LogP contribution in [0.3, 0.4) is 0 Å². The van der Waals surface area contributed by atoms with E-state index in [1.165, 1.54) is 6.92 Å². The van der Waals surface area contributed by atoms with Crippen LogP contribution in [0.5, 0.6) is 0 Å². The smallest absolute Gasteiger partial charge is 0.325 e. The average molecular weight is 351 g/mol. The van der Waals surface area contributed by atoms with Crippen molar-refractivity contribution in [2.75, 3.05) is 0 Å². The highest BCUT2D eigenvalue weighted by molar-refractivity contribution is 5.86. The molecule has 0 aromatic heterocycles. The van der Waals surface area contributed by atoms with Gasteiger partial charge in [0.15, 0.2) is 0 Å². The number of nitrogens with one attached hydrogen (secondary N) is 1. The van der Waals surface area contributed by atoms with E-state index < -0.39 is 36.0 Å². The summed E-state index contributed by atoms with van der Waals surface area (Å²) in [7, 11) is 0. The first-order valence-electron chi connectivity index (χ1n) is 8.06. The summed E-state index contributed by atoms with van der Waals surface area (Å²) in [6.45, 7) is 1.51. The van der Waals surface area contributed by atoms with E-state index in [4.69, 9.17) is 21.3 Å². The molecule has 0 fully saturated rings. The van der Waals surface area contributed by atoms with Gasteiger partial charge in [-0.1, -0.05) is 30.3 Å². The maximum atomic E-state index is 11.8. The molecule has 0 saturated carbocycles. The molecule has 1 unspecified atom stereocenters. The first-order chi connectivity index (χ1) is 11.8. The van der Waals surface area contributed by atoms with Crippen molar-refractivity contribution >= 4 is 17.8 Å². The number of benzene rings is 1. The number of ether oxygens (including phenoxy) is 1. The highest BCUT2D eigenvalue weighted by Crippen LogP contribution is 2.06. The van der Waals surface area contributed by atoms with Gasteiger partial charge >= 0.3 is 11.9 Å². The Morgan fingerprint density at radius 3 is 2.32 bits per heavy atom. The summed E-state index contributed by atoms with van der Waals surface area (Å²) in [5.74, 6) is -2.19. The molecule has 0 bridgehead atoms. The lowest BCUT2D eigenvalue weighted by Crippen LogP contribution is -2.47. The van der Waals surface area contributed by atoms with Gasteiger partial charge in [-0.3, -0.25) is 14.4 Å². The predicted octanol–water partition coefficient (Wildman–Crippen LogP) is 0.144. The zero-order valence-corrected chi connectivity index (χ0v) is 14.2. The van der Waals surface area contributed by atoms with Crippen molar-refractivity contribution in [3.63, 3.8) is 0 Å². The SMILES string of the molecule is C[C@H](NC(=O)[C@@H](N)CCCC(N)C(=O)OCc1ccccc1)C(=O)O. The fourth-order valence-corrected chi connectivity index (χ4v) is 2.02. The quantitative estimate of drug-likeness (QED) is 0.439. The third kappa shape index (κ3) is 7.77. The Morgan fingerprint density at radius 1 is 1.12 bits per heavy atom. The van der Waals surface area contributed by atoms with Gasteiger partial charge in [0.05, 0.1) is 6.04 Å². The van der Waals surface area contributed by atoms with Gasteiger partial charge in [-0.25, -0.2) is 0 Å². The van der Waals surface area contributed by atoms with Crippen molar-refractivity contribution in [3.8, 4) is 0 Å². The van der Waals surface area contributed by atoms with Crippen molar-refractivity contribution < 1.29 is 24.2 Å². The molecule has 1 aromatic carbocycles. The Bertz CT molecular complexity index is 579. The number of hydrogen-bond donors (Lipinski definition) is 4. The summed E-state index contributed by atoms with van der Waals surface area (Å²) in [6.07, 6.45) is 1.05. The van der Waals surface area contributed by atoms with Crippen LogP contribution >= 0.6 is 0 Å². The second-order valence-corrected chi connectivity index (χ2v) is 5.81. The van der Waals surface area contributed by atoms with Crippen LogP contribution in [0.4, 0.5) is 0 Å². The molecule has 1 rings (SSSR count). The van der Waals surface area contributed by atoms with E-state index in [0.29, 0.717) is 12.8 Å². The summed E-state index contributed by atoms with van der Waals surface area (Å²) < 4.78 is 5.13. The van der Waals surface area contributed by atoms with Crippen LogP contribution in [0.2, 0.25) is 0 Å². The van der Waals surface area contributed by atoms with E-state index >= 15 is 0 Å². The first kappa shape index (κ1) is 20.6. The van der Waals surface area contributed by atoms with E-state index in [9.17, 15) is 14.4 Å². The second kappa shape index (κ2) is 10.4. The molecular weight excluding hydrogens is 326 g/mol. The van der Waals surface area contributed by atoms with Crippen LogP contribution < -0.4 is 16.8 Å². The van der Waals surface area contributed by atoms with Gasteiger partial charge in [-0.15, -0.1) is 0 Å². The highest BCUT2D eigenvalue weighted by atomic mass is 16.5. The third-order valence-corrected chi connectivity index (χ3v) is 3.62. The Balaban J connectivity index is 2.26. The van der Waals surface area contributed by atoms with Crippen LogP contribution in [-0.4, -0.2) is 41.1 Å². The van der Waals surface area contributed by atoms with Crippen LogP contribution in [0.15, 0.2) is 30.3 Å². The van der Waals surface area contributed by atoms with Crippen molar-refractivity contribution in [2.24, 2.45) is 11.5 Å². The molecule has 8 nitrogen and oxygen atoms in total. The van der Waals surface area contributed by atoms with Crippen LogP contribution in [0.25, 0.3) is 0 Å². The Kier molecular flexibility index (Phi) is 8.59. The molecule has 1 aromatic rings. The number of carboxylic acids is 1. The van der Waals surface area contributed by atoms with Crippen LogP contribution in [0.1, 0.15) is 31.7 Å². The zero-order valence-electron chi connectivity index (χ0n) is 14.2. The maximum Gasteiger partial charge on any atom is 0.325 e. The summed E-state index contributed by atoms with van der Waals surface area (Å²) in [4.78, 5) is 34.2. The number of hydrogen-bond acceptors (Lipinski definition) is 6. The van der Waals surface area contributed by atoms with Crippen molar-refractivity contribution in [3.05, 3.63) is 35.9 Å². The molecule has 0 aliphatic rings. The van der Waals surface area contributed by atoms with Gasteiger partial charge in [-0.05, 0) is 31.7 Å². The van der Waals surface area contributed by atoms with Gasteiger partial charge in [0, 0.05) is 0 Å². The monoisotopic (exact) mass is 351 g/mol. The van der Waals surface area contributed by atoms with Gasteiger partial charge in [-0.2, -0.15) is 0 Å². The normalized spacial score (nSPS) is 14.2. The lowest BCUT2D eigenvalue weighted by Gasteiger charge is -2.16. The number of carbonyl (C=O) groups excluding carboxylic acids is 2. The Hall–Kier alpha value is -2.45. The fraction of sp³-hybridized carbons (Fsp3) is 0.471. The van der Waals surface area contributed by atoms with Crippen LogP contribution in [0, 0.1) is 0 Å². The molecule has 6 N–H and O–H groups in total. The van der Waals surface area contributed by atoms with Crippen molar-refractivity contribution in [2.45, 2.75) is 50.9 Å². The second-order valence-electron chi connectivity index (χ2n) is 5.81. The lowest BCUT2D eigenvalue weighted by atomic mass is 10.1. The van der Waals surface area contributed by atoms with E-state index in [1.807, 2.05) is 30.3 Å². The summed E-state index contributed by atoms with van der Waals surface area (Å²) in [5, 5.41) is 11.0. The fourth-order valence-electron chi connectivity index (χ4n) is 2.02. The lowest BCUT2D eigenvalue weighted by molar-refractivity contribution is -0.146. The standard InChI is InChI=1S/C17H25N3O5/c1-11(16(22)23)20-15(21)13(18)8-5-9-14(19)17(24)25-10-12-6-3-2-4-7-12/h2-4,6-7,11,13-14H,5,8-10,18-19H2,1H3,(H,20,21)(H,22,23)/t11-,13-,14?/m0/s1. The van der Waals surface area contributed by atoms with Gasteiger partial charge in [0.1, 0.15) is 18.7 Å². The number of carboxylic acid groups (broad SMARTS) is 1. The molecule has 0 heterocycles. The zero-order chi connectivity index (χ0) is 18.8. The molecule has 25 heavy (non-hydrogen) atoms. The number of carbonyl (C=O) groups is 3. The predicted molar refractivity (Wildman–Crippen MR) is 91.3 cm³/mol. The minimum absolute atomic E-state index is 0.155. The number of nitrogens with two attached hydrogens (primary N) is 2. The Labute approximate surface area is 146 Å². The summed E-state index contributed by atoms with van der Waals surface area (Å²) >= 11 is 0.